The molecule has 0 atom stereocenters. The molecule has 0 amide bonds. The maximum Gasteiger partial charge on any atom is 0.134 e. The Morgan fingerprint density at radius 3 is 2.76 bits per heavy atom. The molecule has 0 spiro atoms. The summed E-state index contributed by atoms with van der Waals surface area (Å²) in [6, 6.07) is 14.0. The van der Waals surface area contributed by atoms with Gasteiger partial charge in [0.25, 0.3) is 0 Å². The summed E-state index contributed by atoms with van der Waals surface area (Å²) in [5.74, 6) is 0.110. The van der Waals surface area contributed by atoms with E-state index in [1.165, 1.54) is 6.20 Å². The van der Waals surface area contributed by atoms with Crippen LogP contribution in [0.25, 0.3) is 27.8 Å². The summed E-state index contributed by atoms with van der Waals surface area (Å²) in [5, 5.41) is 11.0. The van der Waals surface area contributed by atoms with Crippen LogP contribution in [0.4, 0.5) is 0 Å². The van der Waals surface area contributed by atoms with Gasteiger partial charge >= 0.3 is 0 Å². The van der Waals surface area contributed by atoms with Gasteiger partial charge in [-0.25, -0.2) is 9.97 Å². The van der Waals surface area contributed by atoms with Gasteiger partial charge in [-0.1, -0.05) is 19.1 Å². The molecular weight excluding hydrogens is 424 g/mol. The lowest BCUT2D eigenvalue weighted by atomic mass is 10.1. The van der Waals surface area contributed by atoms with Gasteiger partial charge in [0, 0.05) is 35.4 Å². The molecule has 0 unspecified atom stereocenters. The van der Waals surface area contributed by atoms with Crippen LogP contribution >= 0.6 is 0 Å². The van der Waals surface area contributed by atoms with Crippen molar-refractivity contribution in [2.45, 2.75) is 27.2 Å². The standard InChI is InChI=1S/C27H26N6O/c1-4-10-29-27(26-17(2)8-9-22(32-26)19-11-20(34)14-28-13-19)24-12-21-23(31-24)6-5-7-25(21)33-15-18(3)30-16-33/h5-9,11-16,31,34H,4,10H2,1-3H3. The number of rotatable bonds is 6. The minimum atomic E-state index is 0.110. The lowest BCUT2D eigenvalue weighted by Gasteiger charge is -2.11. The summed E-state index contributed by atoms with van der Waals surface area (Å²) >= 11 is 0. The number of hydrogen-bond acceptors (Lipinski definition) is 5. The van der Waals surface area contributed by atoms with Crippen LogP contribution in [0.5, 0.6) is 5.75 Å². The molecule has 1 aromatic carbocycles. The number of aryl methyl sites for hydroxylation is 2. The normalized spacial score (nSPS) is 11.9. The van der Waals surface area contributed by atoms with E-state index in [-0.39, 0.29) is 5.75 Å². The van der Waals surface area contributed by atoms with E-state index in [1.54, 1.807) is 12.3 Å². The van der Waals surface area contributed by atoms with E-state index < -0.39 is 0 Å². The monoisotopic (exact) mass is 450 g/mol. The number of aromatic amines is 1. The summed E-state index contributed by atoms with van der Waals surface area (Å²) in [6.07, 6.45) is 7.90. The van der Waals surface area contributed by atoms with Crippen LogP contribution in [0, 0.1) is 13.8 Å². The highest BCUT2D eigenvalue weighted by atomic mass is 16.3. The third-order valence-electron chi connectivity index (χ3n) is 5.72. The van der Waals surface area contributed by atoms with Crippen molar-refractivity contribution in [2.75, 3.05) is 6.54 Å². The summed E-state index contributed by atoms with van der Waals surface area (Å²) in [6.45, 7) is 6.83. The van der Waals surface area contributed by atoms with Crippen LogP contribution in [0.3, 0.4) is 0 Å². The van der Waals surface area contributed by atoms with E-state index >= 15 is 0 Å². The highest BCUT2D eigenvalue weighted by Crippen LogP contribution is 2.27. The van der Waals surface area contributed by atoms with Crippen LogP contribution in [-0.2, 0) is 0 Å². The first-order valence-electron chi connectivity index (χ1n) is 11.3. The zero-order valence-corrected chi connectivity index (χ0v) is 19.4. The van der Waals surface area contributed by atoms with Crippen molar-refractivity contribution < 1.29 is 5.11 Å². The quantitative estimate of drug-likeness (QED) is 0.340. The summed E-state index contributed by atoms with van der Waals surface area (Å²) in [5.41, 5.74) is 8.10. The highest BCUT2D eigenvalue weighted by Gasteiger charge is 2.17. The maximum absolute atomic E-state index is 9.88. The Hall–Kier alpha value is -4.26. The molecule has 5 aromatic rings. The maximum atomic E-state index is 9.88. The summed E-state index contributed by atoms with van der Waals surface area (Å²) < 4.78 is 2.04. The van der Waals surface area contributed by atoms with E-state index in [0.717, 1.165) is 62.6 Å². The lowest BCUT2D eigenvalue weighted by molar-refractivity contribution is 0.473. The second-order valence-corrected chi connectivity index (χ2v) is 8.37. The van der Waals surface area contributed by atoms with Crippen LogP contribution in [0.2, 0.25) is 0 Å². The zero-order chi connectivity index (χ0) is 23.7. The number of H-pyrrole nitrogens is 1. The molecule has 7 heteroatoms. The topological polar surface area (TPSA) is 92.0 Å². The largest absolute Gasteiger partial charge is 0.506 e. The van der Waals surface area contributed by atoms with Gasteiger partial charge in [0.05, 0.1) is 41.0 Å². The molecule has 0 aliphatic heterocycles. The Morgan fingerprint density at radius 1 is 1.12 bits per heavy atom. The highest BCUT2D eigenvalue weighted by molar-refractivity contribution is 6.14. The molecule has 170 valence electrons. The first-order valence-corrected chi connectivity index (χ1v) is 11.3. The number of fused-ring (bicyclic) bond motifs is 1. The van der Waals surface area contributed by atoms with Gasteiger partial charge in [0.1, 0.15) is 11.5 Å². The molecule has 0 radical (unpaired) electrons. The SMILES string of the molecule is CCCN=C(c1cc2c(-n3cnc(C)c3)cccc2[nH]1)c1nc(-c2cncc(O)c2)ccc1C. The van der Waals surface area contributed by atoms with Crippen molar-refractivity contribution >= 4 is 16.6 Å². The summed E-state index contributed by atoms with van der Waals surface area (Å²) in [4.78, 5) is 21.9. The molecule has 0 saturated carbocycles. The van der Waals surface area contributed by atoms with E-state index in [1.807, 2.05) is 49.1 Å². The number of aliphatic imine (C=N–C) groups is 1. The minimum Gasteiger partial charge on any atom is -0.506 e. The molecule has 34 heavy (non-hydrogen) atoms. The Bertz CT molecular complexity index is 1510. The number of benzene rings is 1. The van der Waals surface area contributed by atoms with E-state index in [4.69, 9.17) is 9.98 Å². The van der Waals surface area contributed by atoms with Gasteiger partial charge in [-0.3, -0.25) is 9.98 Å². The molecule has 0 aliphatic rings. The van der Waals surface area contributed by atoms with Crippen LogP contribution in [0.15, 0.2) is 72.4 Å². The number of aromatic hydroxyl groups is 1. The molecule has 0 aliphatic carbocycles. The lowest BCUT2D eigenvalue weighted by Crippen LogP contribution is -2.10. The molecule has 5 rings (SSSR count). The number of hydrogen-bond donors (Lipinski definition) is 2. The van der Waals surface area contributed by atoms with Crippen molar-refractivity contribution in [1.82, 2.24) is 24.5 Å². The number of nitrogens with one attached hydrogen (secondary N) is 1. The molecule has 7 nitrogen and oxygen atoms in total. The fourth-order valence-electron chi connectivity index (χ4n) is 4.05. The van der Waals surface area contributed by atoms with Crippen LogP contribution in [0.1, 0.15) is 36.0 Å². The number of nitrogens with zero attached hydrogens (tertiary/aromatic N) is 5. The van der Waals surface area contributed by atoms with Gasteiger partial charge in [-0.2, -0.15) is 0 Å². The van der Waals surface area contributed by atoms with Crippen molar-refractivity contribution in [3.63, 3.8) is 0 Å². The Labute approximate surface area is 197 Å². The smallest absolute Gasteiger partial charge is 0.134 e. The Kier molecular flexibility index (Phi) is 5.67. The zero-order valence-electron chi connectivity index (χ0n) is 19.4. The first kappa shape index (κ1) is 21.6. The van der Waals surface area contributed by atoms with E-state index in [9.17, 15) is 5.11 Å². The van der Waals surface area contributed by atoms with Gasteiger partial charge in [0.2, 0.25) is 0 Å². The average Bonchev–Trinajstić information content (AvgIpc) is 3.46. The predicted octanol–water partition coefficient (Wildman–Crippen LogP) is 5.38. The third kappa shape index (κ3) is 4.08. The molecule has 0 saturated heterocycles. The number of pyridine rings is 2. The second-order valence-electron chi connectivity index (χ2n) is 8.37. The van der Waals surface area contributed by atoms with E-state index in [0.29, 0.717) is 6.54 Å². The number of imidazole rings is 1. The van der Waals surface area contributed by atoms with Gasteiger partial charge in [-0.05, 0) is 56.2 Å². The summed E-state index contributed by atoms with van der Waals surface area (Å²) in [7, 11) is 0. The molecule has 4 aromatic heterocycles. The molecule has 2 N–H and O–H groups in total. The van der Waals surface area contributed by atoms with Gasteiger partial charge in [0.15, 0.2) is 0 Å². The molecular formula is C27H26N6O. The number of aromatic nitrogens is 5. The Morgan fingerprint density at radius 2 is 2.00 bits per heavy atom. The second kappa shape index (κ2) is 8.94. The van der Waals surface area contributed by atoms with Gasteiger partial charge < -0.3 is 14.7 Å². The van der Waals surface area contributed by atoms with Crippen molar-refractivity contribution in [1.29, 1.82) is 0 Å². The fraction of sp³-hybridized carbons (Fsp3) is 0.185. The predicted molar refractivity (Wildman–Crippen MR) is 135 cm³/mol. The third-order valence-corrected chi connectivity index (χ3v) is 5.72. The molecule has 0 bridgehead atoms. The first-order chi connectivity index (χ1) is 16.5. The molecule has 0 fully saturated rings. The fourth-order valence-corrected chi connectivity index (χ4v) is 4.05. The minimum absolute atomic E-state index is 0.110. The molecule has 4 heterocycles. The van der Waals surface area contributed by atoms with Crippen molar-refractivity contribution in [3.05, 3.63) is 90.0 Å². The van der Waals surface area contributed by atoms with E-state index in [2.05, 4.69) is 40.1 Å². The average molecular weight is 451 g/mol. The Balaban J connectivity index is 1.65. The van der Waals surface area contributed by atoms with Crippen LogP contribution in [-0.4, -0.2) is 41.9 Å². The van der Waals surface area contributed by atoms with Crippen molar-refractivity contribution in [3.8, 4) is 22.7 Å². The van der Waals surface area contributed by atoms with Crippen molar-refractivity contribution in [2.24, 2.45) is 4.99 Å². The van der Waals surface area contributed by atoms with Gasteiger partial charge in [-0.15, -0.1) is 0 Å². The van der Waals surface area contributed by atoms with Crippen LogP contribution < -0.4 is 0 Å².